The molecule has 0 spiro atoms. The highest BCUT2D eigenvalue weighted by molar-refractivity contribution is 5.85. The van der Waals surface area contributed by atoms with Crippen LogP contribution < -0.4 is 18.9 Å². The molecule has 1 aliphatic carbocycles. The molecule has 0 unspecified atom stereocenters. The molecule has 0 amide bonds. The van der Waals surface area contributed by atoms with E-state index in [1.54, 1.807) is 21.3 Å². The Morgan fingerprint density at radius 2 is 1.65 bits per heavy atom. The first-order chi connectivity index (χ1) is 15.1. The summed E-state index contributed by atoms with van der Waals surface area (Å²) in [6.07, 6.45) is 6.71. The Bertz CT molecular complexity index is 940. The number of benzene rings is 2. The van der Waals surface area contributed by atoms with E-state index in [0.717, 1.165) is 66.5 Å². The van der Waals surface area contributed by atoms with Crippen molar-refractivity contribution >= 4 is 0 Å². The summed E-state index contributed by atoms with van der Waals surface area (Å²) in [5.41, 5.74) is 6.33. The van der Waals surface area contributed by atoms with Crippen molar-refractivity contribution in [2.45, 2.75) is 51.5 Å². The number of nitrogens with zero attached hydrogens (tertiary/aromatic N) is 1. The third-order valence-electron chi connectivity index (χ3n) is 6.72. The highest BCUT2D eigenvalue weighted by atomic mass is 16.5. The second-order valence-electron chi connectivity index (χ2n) is 8.58. The Hall–Kier alpha value is -2.40. The zero-order chi connectivity index (χ0) is 22.0. The highest BCUT2D eigenvalue weighted by Gasteiger charge is 2.37. The summed E-state index contributed by atoms with van der Waals surface area (Å²) in [5.74, 6) is 3.21. The number of hydrogen-bond donors (Lipinski definition) is 0. The van der Waals surface area contributed by atoms with Gasteiger partial charge < -0.3 is 18.9 Å². The molecule has 31 heavy (non-hydrogen) atoms. The second-order valence-corrected chi connectivity index (χ2v) is 8.58. The van der Waals surface area contributed by atoms with Crippen molar-refractivity contribution in [3.05, 3.63) is 34.9 Å². The van der Waals surface area contributed by atoms with Gasteiger partial charge in [-0.1, -0.05) is 26.2 Å². The molecule has 0 fully saturated rings. The third kappa shape index (κ3) is 3.96. The van der Waals surface area contributed by atoms with Crippen LogP contribution in [0.3, 0.4) is 0 Å². The predicted octanol–water partition coefficient (Wildman–Crippen LogP) is 5.42. The molecule has 2 aliphatic rings. The van der Waals surface area contributed by atoms with Crippen LogP contribution in [0.2, 0.25) is 0 Å². The molecule has 2 aromatic rings. The van der Waals surface area contributed by atoms with Crippen LogP contribution in [0, 0.1) is 0 Å². The van der Waals surface area contributed by atoms with E-state index < -0.39 is 0 Å². The van der Waals surface area contributed by atoms with Crippen molar-refractivity contribution < 1.29 is 18.9 Å². The van der Waals surface area contributed by atoms with Gasteiger partial charge in [0.05, 0.1) is 27.9 Å². The van der Waals surface area contributed by atoms with Crippen LogP contribution in [0.5, 0.6) is 23.0 Å². The lowest BCUT2D eigenvalue weighted by atomic mass is 9.76. The predicted molar refractivity (Wildman–Crippen MR) is 124 cm³/mol. The summed E-state index contributed by atoms with van der Waals surface area (Å²) in [6, 6.07) is 6.78. The normalized spacial score (nSPS) is 17.0. The molecule has 4 rings (SSSR count). The maximum Gasteiger partial charge on any atom is 0.168 e. The second kappa shape index (κ2) is 9.39. The van der Waals surface area contributed by atoms with Crippen molar-refractivity contribution in [2.24, 2.45) is 0 Å². The van der Waals surface area contributed by atoms with Crippen molar-refractivity contribution in [3.63, 3.8) is 0 Å². The first-order valence-electron chi connectivity index (χ1n) is 11.4. The number of rotatable bonds is 9. The monoisotopic (exact) mass is 425 g/mol. The molecule has 0 aromatic heterocycles. The van der Waals surface area contributed by atoms with E-state index in [9.17, 15) is 0 Å². The first kappa shape index (κ1) is 21.8. The van der Waals surface area contributed by atoms with E-state index in [1.165, 1.54) is 36.0 Å². The van der Waals surface area contributed by atoms with Crippen molar-refractivity contribution in [3.8, 4) is 34.1 Å². The highest BCUT2D eigenvalue weighted by Crippen LogP contribution is 2.54. The fourth-order valence-corrected chi connectivity index (χ4v) is 5.05. The van der Waals surface area contributed by atoms with Gasteiger partial charge in [0.15, 0.2) is 23.0 Å². The number of fused-ring (bicyclic) bond motifs is 2. The van der Waals surface area contributed by atoms with Crippen LogP contribution in [0.4, 0.5) is 0 Å². The fourth-order valence-electron chi connectivity index (χ4n) is 5.05. The average molecular weight is 426 g/mol. The Balaban J connectivity index is 1.84. The standard InChI is InChI=1S/C26H35NO4/c1-6-7-8-9-12-31-23-14-17-10-11-27(2)20-13-18-15-21(28-3)22(29-4)16-19(18)25(24(17)20)26(23)30-5/h14-16,20H,6-13H2,1-5H3/t20-/m0/s1. The van der Waals surface area contributed by atoms with Crippen LogP contribution in [-0.2, 0) is 12.8 Å². The van der Waals surface area contributed by atoms with Gasteiger partial charge in [-0.3, -0.25) is 4.90 Å². The molecule has 1 heterocycles. The summed E-state index contributed by atoms with van der Waals surface area (Å²) < 4.78 is 23.5. The molecule has 1 atom stereocenters. The van der Waals surface area contributed by atoms with Crippen LogP contribution in [-0.4, -0.2) is 46.4 Å². The molecule has 5 heteroatoms. The smallest absolute Gasteiger partial charge is 0.168 e. The molecule has 0 radical (unpaired) electrons. The molecule has 0 saturated heterocycles. The molecule has 168 valence electrons. The van der Waals surface area contributed by atoms with E-state index >= 15 is 0 Å². The van der Waals surface area contributed by atoms with Gasteiger partial charge in [0.2, 0.25) is 0 Å². The molecular weight excluding hydrogens is 390 g/mol. The zero-order valence-electron chi connectivity index (χ0n) is 19.5. The van der Waals surface area contributed by atoms with E-state index in [1.807, 2.05) is 0 Å². The lowest BCUT2D eigenvalue weighted by Crippen LogP contribution is -2.35. The maximum absolute atomic E-state index is 6.29. The molecular formula is C26H35NO4. The average Bonchev–Trinajstić information content (AvgIpc) is 2.79. The number of unbranched alkanes of at least 4 members (excludes halogenated alkanes) is 3. The van der Waals surface area contributed by atoms with Gasteiger partial charge in [-0.05, 0) is 66.8 Å². The van der Waals surface area contributed by atoms with Crippen LogP contribution in [0.1, 0.15) is 55.3 Å². The molecule has 2 aromatic carbocycles. The van der Waals surface area contributed by atoms with Crippen molar-refractivity contribution in [1.29, 1.82) is 0 Å². The van der Waals surface area contributed by atoms with E-state index in [0.29, 0.717) is 6.04 Å². The van der Waals surface area contributed by atoms with Gasteiger partial charge in [-0.2, -0.15) is 0 Å². The molecule has 0 saturated carbocycles. The summed E-state index contributed by atoms with van der Waals surface area (Å²) in [4.78, 5) is 2.45. The van der Waals surface area contributed by atoms with Gasteiger partial charge in [0.1, 0.15) is 0 Å². The van der Waals surface area contributed by atoms with Gasteiger partial charge >= 0.3 is 0 Å². The Morgan fingerprint density at radius 3 is 2.35 bits per heavy atom. The number of hydrogen-bond acceptors (Lipinski definition) is 5. The van der Waals surface area contributed by atoms with Crippen LogP contribution in [0.15, 0.2) is 18.2 Å². The summed E-state index contributed by atoms with van der Waals surface area (Å²) in [7, 11) is 7.34. The van der Waals surface area contributed by atoms with Crippen LogP contribution in [0.25, 0.3) is 11.1 Å². The summed E-state index contributed by atoms with van der Waals surface area (Å²) in [5, 5.41) is 0. The zero-order valence-corrected chi connectivity index (χ0v) is 19.5. The van der Waals surface area contributed by atoms with Gasteiger partial charge in [-0.25, -0.2) is 0 Å². The minimum atomic E-state index is 0.330. The molecule has 0 bridgehead atoms. The lowest BCUT2D eigenvalue weighted by Gasteiger charge is -2.40. The quantitative estimate of drug-likeness (QED) is 0.502. The SMILES string of the molecule is CCCCCCOc1cc2c3c(c1OC)-c1cc(OC)c(OC)cc1C[C@@H]3N(C)CC2. The molecule has 1 aliphatic heterocycles. The lowest BCUT2D eigenvalue weighted by molar-refractivity contribution is 0.225. The van der Waals surface area contributed by atoms with Crippen LogP contribution >= 0.6 is 0 Å². The first-order valence-corrected chi connectivity index (χ1v) is 11.4. The molecule has 5 nitrogen and oxygen atoms in total. The Labute approximate surface area is 186 Å². The minimum Gasteiger partial charge on any atom is -0.493 e. The topological polar surface area (TPSA) is 40.2 Å². The van der Waals surface area contributed by atoms with E-state index in [-0.39, 0.29) is 0 Å². The van der Waals surface area contributed by atoms with Gasteiger partial charge in [0, 0.05) is 18.2 Å². The van der Waals surface area contributed by atoms with E-state index in [4.69, 9.17) is 18.9 Å². The number of methoxy groups -OCH3 is 3. The van der Waals surface area contributed by atoms with Gasteiger partial charge in [-0.15, -0.1) is 0 Å². The third-order valence-corrected chi connectivity index (χ3v) is 6.72. The summed E-state index contributed by atoms with van der Waals surface area (Å²) in [6.45, 7) is 3.99. The number of likely N-dealkylation sites (N-methyl/N-ethyl adjacent to an activating group) is 1. The minimum absolute atomic E-state index is 0.330. The van der Waals surface area contributed by atoms with Crippen molar-refractivity contribution in [1.82, 2.24) is 4.90 Å². The Kier molecular flexibility index (Phi) is 6.61. The summed E-state index contributed by atoms with van der Waals surface area (Å²) >= 11 is 0. The van der Waals surface area contributed by atoms with Gasteiger partial charge in [0.25, 0.3) is 0 Å². The molecule has 0 N–H and O–H groups in total. The largest absolute Gasteiger partial charge is 0.493 e. The number of ether oxygens (including phenoxy) is 4. The van der Waals surface area contributed by atoms with Crippen molar-refractivity contribution in [2.75, 3.05) is 41.5 Å². The maximum atomic E-state index is 6.29. The Morgan fingerprint density at radius 1 is 0.903 bits per heavy atom. The fraction of sp³-hybridized carbons (Fsp3) is 0.538. The van der Waals surface area contributed by atoms with E-state index in [2.05, 4.69) is 37.1 Å².